The number of anilines is 1. The van der Waals surface area contributed by atoms with Crippen LogP contribution in [0.1, 0.15) is 21.6 Å². The number of hydrogen-bond acceptors (Lipinski definition) is 4. The molecule has 35 heavy (non-hydrogen) atoms. The van der Waals surface area contributed by atoms with Gasteiger partial charge in [-0.05, 0) is 35.7 Å². The Bertz CT molecular complexity index is 1680. The molecular formula is C27H20ClFN3O3+. The molecule has 0 aliphatic heterocycles. The quantitative estimate of drug-likeness (QED) is 0.351. The lowest BCUT2D eigenvalue weighted by atomic mass is 10.1. The molecule has 0 fully saturated rings. The monoisotopic (exact) mass is 488 g/mol. The molecule has 0 atom stereocenters. The highest BCUT2D eigenvalue weighted by Gasteiger charge is 2.19. The van der Waals surface area contributed by atoms with Crippen LogP contribution in [0.3, 0.4) is 0 Å². The summed E-state index contributed by atoms with van der Waals surface area (Å²) in [6.45, 7) is 1.55. The number of halogens is 2. The molecule has 3 aromatic carbocycles. The van der Waals surface area contributed by atoms with Crippen molar-refractivity contribution >= 4 is 50.6 Å². The van der Waals surface area contributed by atoms with Crippen LogP contribution in [0.25, 0.3) is 21.7 Å². The minimum atomic E-state index is -0.576. The first kappa shape index (κ1) is 22.7. The first-order valence-corrected chi connectivity index (χ1v) is 11.2. The van der Waals surface area contributed by atoms with Crippen LogP contribution >= 0.6 is 11.6 Å². The maximum absolute atomic E-state index is 13.7. The number of fused-ring (bicyclic) bond motifs is 2. The molecule has 0 aliphatic rings. The zero-order chi connectivity index (χ0) is 24.5. The number of pyridine rings is 1. The van der Waals surface area contributed by atoms with Crippen molar-refractivity contribution < 1.29 is 23.7 Å². The second kappa shape index (κ2) is 9.29. The molecule has 0 bridgehead atoms. The van der Waals surface area contributed by atoms with Gasteiger partial charge >= 0.3 is 0 Å². The van der Waals surface area contributed by atoms with E-state index < -0.39 is 11.7 Å². The second-order valence-electron chi connectivity index (χ2n) is 8.00. The molecule has 2 aromatic heterocycles. The maximum atomic E-state index is 13.7. The topological polar surface area (TPSA) is 89.0 Å². The molecular weight excluding hydrogens is 469 g/mol. The molecule has 0 radical (unpaired) electrons. The van der Waals surface area contributed by atoms with Crippen molar-refractivity contribution in [1.82, 2.24) is 0 Å². The number of carbonyl (C=O) groups is 1. The third-order valence-corrected chi connectivity index (χ3v) is 5.99. The molecule has 2 heterocycles. The van der Waals surface area contributed by atoms with Crippen LogP contribution in [0.15, 0.2) is 82.3 Å². The number of rotatable bonds is 4. The first-order valence-electron chi connectivity index (χ1n) is 10.8. The zero-order valence-corrected chi connectivity index (χ0v) is 19.4. The molecule has 0 unspecified atom stereocenters. The molecule has 0 saturated heterocycles. The number of H-pyrrole nitrogens is 1. The van der Waals surface area contributed by atoms with Gasteiger partial charge in [-0.15, -0.1) is 0 Å². The summed E-state index contributed by atoms with van der Waals surface area (Å²) in [7, 11) is 0. The summed E-state index contributed by atoms with van der Waals surface area (Å²) in [5.41, 5.74) is 2.79. The molecule has 0 spiro atoms. The Labute approximate surface area is 204 Å². The molecule has 3 N–H and O–H groups in total. The number of aromatic nitrogens is 1. The van der Waals surface area contributed by atoms with Crippen LogP contribution in [0.5, 0.6) is 0 Å². The normalized spacial score (nSPS) is 11.8. The van der Waals surface area contributed by atoms with Gasteiger partial charge in [0.1, 0.15) is 11.4 Å². The van der Waals surface area contributed by atoms with Gasteiger partial charge in [-0.3, -0.25) is 4.79 Å². The van der Waals surface area contributed by atoms with Gasteiger partial charge in [0.15, 0.2) is 6.20 Å². The summed E-state index contributed by atoms with van der Waals surface area (Å²) in [6.07, 6.45) is 1.66. The first-order chi connectivity index (χ1) is 16.9. The van der Waals surface area contributed by atoms with Crippen molar-refractivity contribution in [3.8, 4) is 0 Å². The second-order valence-corrected chi connectivity index (χ2v) is 8.40. The molecule has 5 aromatic rings. The number of aryl methyl sites for hydroxylation is 1. The van der Waals surface area contributed by atoms with Crippen LogP contribution < -0.4 is 15.9 Å². The largest absolute Gasteiger partial charge is 0.431 e. The van der Waals surface area contributed by atoms with Gasteiger partial charge in [0, 0.05) is 23.4 Å². The van der Waals surface area contributed by atoms with Gasteiger partial charge in [0.25, 0.3) is 5.91 Å². The highest BCUT2D eigenvalue weighted by Crippen LogP contribution is 2.25. The predicted octanol–water partition coefficient (Wildman–Crippen LogP) is 5.48. The van der Waals surface area contributed by atoms with Crippen molar-refractivity contribution in [2.45, 2.75) is 13.5 Å². The van der Waals surface area contributed by atoms with Crippen LogP contribution in [0.4, 0.5) is 15.8 Å². The van der Waals surface area contributed by atoms with E-state index in [9.17, 15) is 14.3 Å². The van der Waals surface area contributed by atoms with Crippen LogP contribution in [0.2, 0.25) is 5.02 Å². The molecule has 1 amide bonds. The van der Waals surface area contributed by atoms with E-state index in [-0.39, 0.29) is 22.7 Å². The average molecular weight is 489 g/mol. The van der Waals surface area contributed by atoms with Crippen LogP contribution in [0, 0.1) is 12.7 Å². The number of aliphatic hydroxyl groups is 1. The molecule has 0 saturated carbocycles. The summed E-state index contributed by atoms with van der Waals surface area (Å²) < 4.78 is 19.8. The van der Waals surface area contributed by atoms with E-state index in [4.69, 9.17) is 16.0 Å². The number of benzene rings is 3. The maximum Gasteiger partial charge on any atom is 0.261 e. The minimum absolute atomic E-state index is 0.0181. The third kappa shape index (κ3) is 4.39. The Balaban J connectivity index is 1.71. The van der Waals surface area contributed by atoms with E-state index in [1.54, 1.807) is 19.2 Å². The summed E-state index contributed by atoms with van der Waals surface area (Å²) in [5.74, 6) is -1.03. The lowest BCUT2D eigenvalue weighted by Crippen LogP contribution is -2.23. The Hall–Kier alpha value is -4.07. The highest BCUT2D eigenvalue weighted by molar-refractivity contribution is 6.31. The van der Waals surface area contributed by atoms with E-state index >= 15 is 0 Å². The van der Waals surface area contributed by atoms with E-state index in [1.165, 1.54) is 18.2 Å². The minimum Gasteiger partial charge on any atom is -0.431 e. The number of amides is 1. The smallest absolute Gasteiger partial charge is 0.261 e. The number of carbonyl (C=O) groups excluding carboxylic acids is 1. The fourth-order valence-corrected chi connectivity index (χ4v) is 4.08. The Morgan fingerprint density at radius 3 is 2.71 bits per heavy atom. The van der Waals surface area contributed by atoms with E-state index in [0.29, 0.717) is 33.6 Å². The van der Waals surface area contributed by atoms with E-state index in [2.05, 4.69) is 15.3 Å². The fraction of sp³-hybridized carbons (Fsp3) is 0.0741. The summed E-state index contributed by atoms with van der Waals surface area (Å²) in [6, 6.07) is 19.0. The number of aromatic amines is 1. The van der Waals surface area contributed by atoms with E-state index in [0.717, 1.165) is 10.8 Å². The summed E-state index contributed by atoms with van der Waals surface area (Å²) in [4.78, 5) is 21.0. The SMILES string of the molecule is Cc1[nH+]cc(CO)c2cc(C(=O)Nc3cccc4ccccc34)c(=Nc3ccc(F)c(Cl)c3)oc12. The van der Waals surface area contributed by atoms with Crippen LogP contribution in [-0.4, -0.2) is 11.0 Å². The molecule has 8 heteroatoms. The zero-order valence-electron chi connectivity index (χ0n) is 18.6. The van der Waals surface area contributed by atoms with Crippen molar-refractivity contribution in [2.24, 2.45) is 4.99 Å². The summed E-state index contributed by atoms with van der Waals surface area (Å²) >= 11 is 5.93. The Kier molecular flexibility index (Phi) is 6.03. The van der Waals surface area contributed by atoms with E-state index in [1.807, 2.05) is 42.5 Å². The van der Waals surface area contributed by atoms with Crippen molar-refractivity contribution in [1.29, 1.82) is 0 Å². The van der Waals surface area contributed by atoms with Gasteiger partial charge in [-0.1, -0.05) is 48.0 Å². The molecule has 5 rings (SSSR count). The number of hydrogen-bond donors (Lipinski definition) is 2. The van der Waals surface area contributed by atoms with Crippen LogP contribution in [-0.2, 0) is 6.61 Å². The van der Waals surface area contributed by atoms with Gasteiger partial charge in [-0.2, -0.15) is 0 Å². The number of aliphatic hydroxyl groups excluding tert-OH is 1. The number of nitrogens with zero attached hydrogens (tertiary/aromatic N) is 1. The third-order valence-electron chi connectivity index (χ3n) is 5.70. The Morgan fingerprint density at radius 2 is 1.91 bits per heavy atom. The highest BCUT2D eigenvalue weighted by atomic mass is 35.5. The van der Waals surface area contributed by atoms with Gasteiger partial charge in [0.2, 0.25) is 16.8 Å². The fourth-order valence-electron chi connectivity index (χ4n) is 3.91. The number of nitrogens with one attached hydrogen (secondary N) is 2. The average Bonchev–Trinajstić information content (AvgIpc) is 2.86. The molecule has 6 nitrogen and oxygen atoms in total. The van der Waals surface area contributed by atoms with Gasteiger partial charge in [0.05, 0.1) is 22.9 Å². The summed E-state index contributed by atoms with van der Waals surface area (Å²) in [5, 5.41) is 15.1. The van der Waals surface area contributed by atoms with Gasteiger partial charge in [-0.25, -0.2) is 14.4 Å². The predicted molar refractivity (Wildman–Crippen MR) is 132 cm³/mol. The van der Waals surface area contributed by atoms with Crippen molar-refractivity contribution in [3.63, 3.8) is 0 Å². The molecule has 174 valence electrons. The molecule has 0 aliphatic carbocycles. The lowest BCUT2D eigenvalue weighted by Gasteiger charge is -2.10. The van der Waals surface area contributed by atoms with Crippen molar-refractivity contribution in [3.05, 3.63) is 106 Å². The standard InChI is InChI=1S/C27H19ClFN3O3/c1-15-25-20(17(14-33)13-30-15)12-21(27(35-25)31-18-9-10-23(29)22(28)11-18)26(34)32-24-8-4-6-16-5-2-3-7-19(16)24/h2-13,33H,14H2,1H3,(H,32,34)/p+1. The van der Waals surface area contributed by atoms with Gasteiger partial charge < -0.3 is 14.8 Å². The Morgan fingerprint density at radius 1 is 1.11 bits per heavy atom. The van der Waals surface area contributed by atoms with Crippen molar-refractivity contribution in [2.75, 3.05) is 5.32 Å². The lowest BCUT2D eigenvalue weighted by molar-refractivity contribution is -0.386.